The van der Waals surface area contributed by atoms with Gasteiger partial charge < -0.3 is 0 Å². The maximum absolute atomic E-state index is 13.1. The lowest BCUT2D eigenvalue weighted by atomic mass is 9.85. The summed E-state index contributed by atoms with van der Waals surface area (Å²) in [6.45, 7) is 0. The molecule has 3 rings (SSSR count). The van der Waals surface area contributed by atoms with Crippen molar-refractivity contribution in [2.75, 3.05) is 0 Å². The zero-order chi connectivity index (χ0) is 11.1. The molecule has 0 radical (unpaired) electrons. The Kier molecular flexibility index (Phi) is 1.90. The number of hydrogen-bond donors (Lipinski definition) is 0. The summed E-state index contributed by atoms with van der Waals surface area (Å²) in [5.41, 5.74) is 3.12. The number of rotatable bonds is 0. The highest BCUT2D eigenvalue weighted by molar-refractivity contribution is 6.12. The molecule has 2 heteroatoms. The monoisotopic (exact) mass is 212 g/mol. The van der Waals surface area contributed by atoms with E-state index in [1.54, 1.807) is 12.1 Å². The van der Waals surface area contributed by atoms with E-state index in [1.807, 2.05) is 18.2 Å². The van der Waals surface area contributed by atoms with Gasteiger partial charge in [-0.15, -0.1) is 0 Å². The van der Waals surface area contributed by atoms with E-state index in [9.17, 15) is 9.18 Å². The first-order valence-corrected chi connectivity index (χ1v) is 5.17. The first-order valence-electron chi connectivity index (χ1n) is 5.17. The van der Waals surface area contributed by atoms with Crippen LogP contribution in [0.5, 0.6) is 0 Å². The fourth-order valence-electron chi connectivity index (χ4n) is 2.16. The van der Waals surface area contributed by atoms with E-state index in [4.69, 9.17) is 0 Å². The van der Waals surface area contributed by atoms with Crippen molar-refractivity contribution < 1.29 is 9.18 Å². The van der Waals surface area contributed by atoms with Crippen molar-refractivity contribution in [3.63, 3.8) is 0 Å². The number of carbonyl (C=O) groups is 1. The van der Waals surface area contributed by atoms with Gasteiger partial charge >= 0.3 is 0 Å². The summed E-state index contributed by atoms with van der Waals surface area (Å²) >= 11 is 0. The Bertz CT molecular complexity index is 587. The Morgan fingerprint density at radius 3 is 2.56 bits per heavy atom. The number of halogens is 1. The average Bonchev–Trinajstić information content (AvgIpc) is 2.31. The number of carbonyl (C=O) groups excluding carboxylic acids is 1. The van der Waals surface area contributed by atoms with E-state index in [0.717, 1.165) is 11.1 Å². The lowest BCUT2D eigenvalue weighted by Gasteiger charge is -2.17. The Hall–Kier alpha value is -1.96. The summed E-state index contributed by atoms with van der Waals surface area (Å²) in [5.74, 6) is -0.428. The third-order valence-corrected chi connectivity index (χ3v) is 2.96. The number of hydrogen-bond acceptors (Lipinski definition) is 1. The van der Waals surface area contributed by atoms with E-state index in [2.05, 4.69) is 0 Å². The summed E-state index contributed by atoms with van der Waals surface area (Å²) in [6, 6.07) is 11.9. The molecule has 0 fully saturated rings. The lowest BCUT2D eigenvalue weighted by molar-refractivity contribution is 0.103. The van der Waals surface area contributed by atoms with E-state index in [1.165, 1.54) is 12.1 Å². The number of benzene rings is 2. The van der Waals surface area contributed by atoms with Crippen LogP contribution < -0.4 is 0 Å². The molecule has 0 unspecified atom stereocenters. The van der Waals surface area contributed by atoms with Crippen LogP contribution in [0.1, 0.15) is 27.0 Å². The molecule has 0 aromatic heterocycles. The highest BCUT2D eigenvalue weighted by atomic mass is 19.1. The molecule has 1 aliphatic carbocycles. The highest BCUT2D eigenvalue weighted by Crippen LogP contribution is 2.27. The van der Waals surface area contributed by atoms with Crippen molar-refractivity contribution in [2.45, 2.75) is 6.42 Å². The first-order chi connectivity index (χ1) is 7.75. The van der Waals surface area contributed by atoms with Gasteiger partial charge in [-0.2, -0.15) is 0 Å². The smallest absolute Gasteiger partial charge is 0.193 e. The van der Waals surface area contributed by atoms with Crippen molar-refractivity contribution in [1.29, 1.82) is 0 Å². The SMILES string of the molecule is O=C1c2ccccc2Cc2ccc(F)cc21. The lowest BCUT2D eigenvalue weighted by Crippen LogP contribution is -2.15. The molecule has 0 aliphatic heterocycles. The van der Waals surface area contributed by atoms with Gasteiger partial charge in [-0.3, -0.25) is 4.79 Å². The van der Waals surface area contributed by atoms with Gasteiger partial charge in [0.25, 0.3) is 0 Å². The molecule has 0 atom stereocenters. The second kappa shape index (κ2) is 3.27. The second-order valence-corrected chi connectivity index (χ2v) is 3.96. The number of fused-ring (bicyclic) bond motifs is 2. The van der Waals surface area contributed by atoms with Gasteiger partial charge in [0.15, 0.2) is 5.78 Å². The summed E-state index contributed by atoms with van der Waals surface area (Å²) in [6.07, 6.45) is 0.706. The standard InChI is InChI=1S/C14H9FO/c15-11-6-5-10-7-9-3-1-2-4-12(9)14(16)13(10)8-11/h1-6,8H,7H2. The molecule has 0 bridgehead atoms. The van der Waals surface area contributed by atoms with Crippen molar-refractivity contribution in [3.8, 4) is 0 Å². The van der Waals surface area contributed by atoms with Crippen molar-refractivity contribution in [1.82, 2.24) is 0 Å². The zero-order valence-corrected chi connectivity index (χ0v) is 8.53. The summed E-state index contributed by atoms with van der Waals surface area (Å²) in [4.78, 5) is 12.1. The van der Waals surface area contributed by atoms with E-state index >= 15 is 0 Å². The molecular formula is C14H9FO. The average molecular weight is 212 g/mol. The summed E-state index contributed by atoms with van der Waals surface area (Å²) in [5, 5.41) is 0. The highest BCUT2D eigenvalue weighted by Gasteiger charge is 2.22. The van der Waals surface area contributed by atoms with Crippen molar-refractivity contribution >= 4 is 5.78 Å². The third kappa shape index (κ3) is 1.27. The molecule has 2 aromatic rings. The fourth-order valence-corrected chi connectivity index (χ4v) is 2.16. The van der Waals surface area contributed by atoms with E-state index in [-0.39, 0.29) is 11.6 Å². The van der Waals surface area contributed by atoms with Gasteiger partial charge in [-0.1, -0.05) is 30.3 Å². The minimum atomic E-state index is -0.355. The quantitative estimate of drug-likeness (QED) is 0.560. The molecule has 1 nitrogen and oxygen atoms in total. The minimum Gasteiger partial charge on any atom is -0.289 e. The molecule has 2 aromatic carbocycles. The van der Waals surface area contributed by atoms with Crippen LogP contribution in [0.2, 0.25) is 0 Å². The number of ketones is 1. The molecule has 0 saturated heterocycles. The first kappa shape index (κ1) is 9.28. The molecule has 16 heavy (non-hydrogen) atoms. The van der Waals surface area contributed by atoms with Crippen LogP contribution in [0.4, 0.5) is 4.39 Å². The van der Waals surface area contributed by atoms with Crippen LogP contribution in [0.15, 0.2) is 42.5 Å². The van der Waals surface area contributed by atoms with Gasteiger partial charge in [0, 0.05) is 11.1 Å². The Labute approximate surface area is 92.5 Å². The summed E-state index contributed by atoms with van der Waals surface area (Å²) < 4.78 is 13.1. The van der Waals surface area contributed by atoms with Crippen LogP contribution in [0.25, 0.3) is 0 Å². The Morgan fingerprint density at radius 2 is 1.69 bits per heavy atom. The predicted octanol–water partition coefficient (Wildman–Crippen LogP) is 2.96. The minimum absolute atomic E-state index is 0.0728. The maximum atomic E-state index is 13.1. The van der Waals surface area contributed by atoms with Crippen molar-refractivity contribution in [2.24, 2.45) is 0 Å². The van der Waals surface area contributed by atoms with Gasteiger partial charge in [-0.25, -0.2) is 4.39 Å². The van der Waals surface area contributed by atoms with Crippen LogP contribution in [-0.2, 0) is 6.42 Å². The van der Waals surface area contributed by atoms with Crippen LogP contribution in [0.3, 0.4) is 0 Å². The topological polar surface area (TPSA) is 17.1 Å². The normalized spacial score (nSPS) is 13.2. The molecule has 78 valence electrons. The zero-order valence-electron chi connectivity index (χ0n) is 8.53. The molecule has 1 aliphatic rings. The van der Waals surface area contributed by atoms with Crippen LogP contribution in [-0.4, -0.2) is 5.78 Å². The van der Waals surface area contributed by atoms with Gasteiger partial charge in [0.1, 0.15) is 5.82 Å². The molecule has 0 saturated carbocycles. The van der Waals surface area contributed by atoms with Crippen molar-refractivity contribution in [3.05, 3.63) is 70.5 Å². The summed E-state index contributed by atoms with van der Waals surface area (Å²) in [7, 11) is 0. The van der Waals surface area contributed by atoms with Crippen LogP contribution >= 0.6 is 0 Å². The van der Waals surface area contributed by atoms with Gasteiger partial charge in [-0.05, 0) is 29.7 Å². The Balaban J connectivity index is 2.23. The fraction of sp³-hybridized carbons (Fsp3) is 0.0714. The predicted molar refractivity (Wildman–Crippen MR) is 59.1 cm³/mol. The van der Waals surface area contributed by atoms with Gasteiger partial charge in [0.05, 0.1) is 0 Å². The van der Waals surface area contributed by atoms with E-state index in [0.29, 0.717) is 17.5 Å². The Morgan fingerprint density at radius 1 is 0.938 bits per heavy atom. The van der Waals surface area contributed by atoms with Crippen LogP contribution in [0, 0.1) is 5.82 Å². The van der Waals surface area contributed by atoms with E-state index < -0.39 is 0 Å². The molecule has 0 spiro atoms. The van der Waals surface area contributed by atoms with Gasteiger partial charge in [0.2, 0.25) is 0 Å². The molecule has 0 N–H and O–H groups in total. The largest absolute Gasteiger partial charge is 0.289 e. The molecule has 0 heterocycles. The molecular weight excluding hydrogens is 203 g/mol. The maximum Gasteiger partial charge on any atom is 0.193 e. The molecule has 0 amide bonds. The third-order valence-electron chi connectivity index (χ3n) is 2.96. The second-order valence-electron chi connectivity index (χ2n) is 3.96.